The largest absolute Gasteiger partial charge is 0.472 e. The van der Waals surface area contributed by atoms with E-state index in [-0.39, 0.29) is 25.7 Å². The molecule has 0 aliphatic carbocycles. The van der Waals surface area contributed by atoms with Crippen LogP contribution in [-0.4, -0.2) is 96.7 Å². The number of aliphatic hydroxyl groups is 1. The van der Waals surface area contributed by atoms with Gasteiger partial charge in [-0.05, 0) is 51.4 Å². The summed E-state index contributed by atoms with van der Waals surface area (Å²) >= 11 is 0. The lowest BCUT2D eigenvalue weighted by molar-refractivity contribution is -0.161. The quantitative estimate of drug-likeness (QED) is 0.0169. The summed E-state index contributed by atoms with van der Waals surface area (Å²) in [6, 6.07) is 0. The molecule has 548 valence electrons. The molecule has 0 rings (SSSR count). The van der Waals surface area contributed by atoms with E-state index in [2.05, 4.69) is 52.0 Å². The van der Waals surface area contributed by atoms with Crippen molar-refractivity contribution in [2.45, 2.75) is 386 Å². The van der Waals surface area contributed by atoms with E-state index >= 15 is 0 Å². The van der Waals surface area contributed by atoms with Gasteiger partial charge in [-0.25, -0.2) is 9.13 Å². The summed E-state index contributed by atoms with van der Waals surface area (Å²) in [5.74, 6) is -2.15. The number of esters is 4. The van der Waals surface area contributed by atoms with Gasteiger partial charge in [-0.1, -0.05) is 315 Å². The molecular formula is C74H140O17P2. The molecule has 0 bridgehead atoms. The van der Waals surface area contributed by atoms with Gasteiger partial charge in [0, 0.05) is 25.7 Å². The monoisotopic (exact) mass is 1360 g/mol. The molecule has 93 heavy (non-hydrogen) atoms. The Morgan fingerprint density at radius 2 is 0.516 bits per heavy atom. The second-order valence-corrected chi connectivity index (χ2v) is 28.9. The lowest BCUT2D eigenvalue weighted by atomic mass is 10.0. The molecule has 0 aliphatic heterocycles. The SMILES string of the molecule is CCCCCC/C=C\C=C/CCCCCCCC(=O)OC[C@H](COP(=O)(O)OC[C@@H](O)COP(=O)(O)OC[C@@H](COC(=O)CCCCCCCCCC)OC(=O)CCCCCCCCCCCCCCC)OC(=O)CCCCCCCCCCCCCCCCCCC. The highest BCUT2D eigenvalue weighted by atomic mass is 31.2. The summed E-state index contributed by atoms with van der Waals surface area (Å²) in [6.07, 6.45) is 60.4. The number of carbonyl (C=O) groups is 4. The van der Waals surface area contributed by atoms with Crippen molar-refractivity contribution in [1.29, 1.82) is 0 Å². The molecular weight excluding hydrogens is 1220 g/mol. The van der Waals surface area contributed by atoms with Crippen LogP contribution in [0.2, 0.25) is 0 Å². The van der Waals surface area contributed by atoms with Crippen molar-refractivity contribution in [1.82, 2.24) is 0 Å². The van der Waals surface area contributed by atoms with Crippen molar-refractivity contribution in [3.8, 4) is 0 Å². The lowest BCUT2D eigenvalue weighted by Gasteiger charge is -2.21. The van der Waals surface area contributed by atoms with Crippen LogP contribution in [-0.2, 0) is 65.4 Å². The second-order valence-electron chi connectivity index (χ2n) is 26.0. The zero-order chi connectivity index (χ0) is 68.2. The number of unbranched alkanes of at least 4 members (excludes halogenated alkanes) is 44. The minimum Gasteiger partial charge on any atom is -0.462 e. The van der Waals surface area contributed by atoms with Crippen molar-refractivity contribution in [2.24, 2.45) is 0 Å². The number of aliphatic hydroxyl groups excluding tert-OH is 1. The fourth-order valence-corrected chi connectivity index (χ4v) is 12.4. The average molecular weight is 1360 g/mol. The number of rotatable bonds is 73. The topological polar surface area (TPSA) is 237 Å². The molecule has 17 nitrogen and oxygen atoms in total. The third-order valence-electron chi connectivity index (χ3n) is 16.7. The standard InChI is InChI=1S/C74H140O17P2/c1-5-9-13-17-21-25-28-31-33-34-36-39-42-45-49-53-57-61-74(79)91-70(65-85-72(77)59-55-51-47-43-40-38-35-32-29-26-22-18-14-10-6-2)67-89-93(82,83)87-63-68(75)62-86-92(80,81)88-66-69(64-84-71(76)58-54-50-46-24-20-16-12-8-4)90-73(78)60-56-52-48-44-41-37-30-27-23-19-15-11-7-3/h26,29,32,35,68-70,75H,5-25,27-28,30-31,33-34,36-67H2,1-4H3,(H,80,81)(H,82,83)/b29-26-,35-32-/t68-,69+,70+/m0/s1. The maximum atomic E-state index is 13.1. The molecule has 0 aromatic carbocycles. The van der Waals surface area contributed by atoms with E-state index in [1.807, 2.05) is 0 Å². The summed E-state index contributed by atoms with van der Waals surface area (Å²) in [5.41, 5.74) is 0. The first-order chi connectivity index (χ1) is 45.2. The molecule has 0 aromatic heterocycles. The van der Waals surface area contributed by atoms with Gasteiger partial charge in [0.15, 0.2) is 12.2 Å². The molecule has 0 spiro atoms. The van der Waals surface area contributed by atoms with Crippen LogP contribution in [0.25, 0.3) is 0 Å². The van der Waals surface area contributed by atoms with Crippen molar-refractivity contribution < 1.29 is 80.2 Å². The number of phosphoric ester groups is 2. The molecule has 0 aliphatic rings. The van der Waals surface area contributed by atoms with Crippen LogP contribution in [0.4, 0.5) is 0 Å². The minimum atomic E-state index is -4.96. The fourth-order valence-electron chi connectivity index (χ4n) is 10.9. The van der Waals surface area contributed by atoms with Crippen LogP contribution in [0.1, 0.15) is 368 Å². The van der Waals surface area contributed by atoms with Crippen molar-refractivity contribution in [3.05, 3.63) is 24.3 Å². The van der Waals surface area contributed by atoms with Crippen molar-refractivity contribution in [2.75, 3.05) is 39.6 Å². The molecule has 0 amide bonds. The predicted molar refractivity (Wildman–Crippen MR) is 377 cm³/mol. The zero-order valence-electron chi connectivity index (χ0n) is 59.7. The Labute approximate surface area is 567 Å². The Morgan fingerprint density at radius 3 is 0.785 bits per heavy atom. The maximum absolute atomic E-state index is 13.1. The summed E-state index contributed by atoms with van der Waals surface area (Å²) in [4.78, 5) is 72.6. The second kappa shape index (κ2) is 68.1. The summed E-state index contributed by atoms with van der Waals surface area (Å²) in [7, 11) is -9.91. The van der Waals surface area contributed by atoms with Gasteiger partial charge < -0.3 is 33.8 Å². The van der Waals surface area contributed by atoms with E-state index in [0.29, 0.717) is 25.7 Å². The minimum absolute atomic E-state index is 0.102. The lowest BCUT2D eigenvalue weighted by Crippen LogP contribution is -2.30. The first-order valence-electron chi connectivity index (χ1n) is 38.1. The number of phosphoric acid groups is 2. The van der Waals surface area contributed by atoms with Gasteiger partial charge in [0.05, 0.1) is 26.4 Å². The molecule has 0 heterocycles. The third-order valence-corrected chi connectivity index (χ3v) is 18.6. The Hall–Kier alpha value is -2.46. The highest BCUT2D eigenvalue weighted by molar-refractivity contribution is 7.47. The van der Waals surface area contributed by atoms with Crippen LogP contribution in [0, 0.1) is 0 Å². The average Bonchev–Trinajstić information content (AvgIpc) is 2.63. The van der Waals surface area contributed by atoms with Crippen LogP contribution in [0.15, 0.2) is 24.3 Å². The molecule has 0 saturated carbocycles. The summed E-state index contributed by atoms with van der Waals surface area (Å²) in [5, 5.41) is 10.6. The Bertz CT molecular complexity index is 1870. The number of allylic oxidation sites excluding steroid dienone is 4. The van der Waals surface area contributed by atoms with Gasteiger partial charge in [0.2, 0.25) is 0 Å². The van der Waals surface area contributed by atoms with Gasteiger partial charge in [-0.2, -0.15) is 0 Å². The van der Waals surface area contributed by atoms with E-state index in [1.165, 1.54) is 173 Å². The summed E-state index contributed by atoms with van der Waals surface area (Å²) in [6.45, 7) is 4.89. The smallest absolute Gasteiger partial charge is 0.462 e. The normalized spacial score (nSPS) is 14.1. The maximum Gasteiger partial charge on any atom is 0.472 e. The fraction of sp³-hybridized carbons (Fsp3) is 0.892. The van der Waals surface area contributed by atoms with Gasteiger partial charge in [0.25, 0.3) is 0 Å². The summed E-state index contributed by atoms with van der Waals surface area (Å²) < 4.78 is 68.3. The van der Waals surface area contributed by atoms with E-state index in [4.69, 9.17) is 37.0 Å². The van der Waals surface area contributed by atoms with E-state index in [1.54, 1.807) is 0 Å². The molecule has 2 unspecified atom stereocenters. The van der Waals surface area contributed by atoms with E-state index in [0.717, 1.165) is 116 Å². The Morgan fingerprint density at radius 1 is 0.301 bits per heavy atom. The van der Waals surface area contributed by atoms with Gasteiger partial charge in [-0.15, -0.1) is 0 Å². The van der Waals surface area contributed by atoms with Crippen LogP contribution < -0.4 is 0 Å². The molecule has 0 fully saturated rings. The molecule has 0 saturated heterocycles. The van der Waals surface area contributed by atoms with E-state index < -0.39 is 97.5 Å². The number of carbonyl (C=O) groups excluding carboxylic acids is 4. The van der Waals surface area contributed by atoms with Crippen LogP contribution in [0.5, 0.6) is 0 Å². The van der Waals surface area contributed by atoms with Crippen molar-refractivity contribution >= 4 is 39.5 Å². The van der Waals surface area contributed by atoms with Crippen LogP contribution >= 0.6 is 15.6 Å². The molecule has 19 heteroatoms. The third kappa shape index (κ3) is 67.9. The van der Waals surface area contributed by atoms with Gasteiger partial charge in [-0.3, -0.25) is 37.3 Å². The number of ether oxygens (including phenoxy) is 4. The van der Waals surface area contributed by atoms with Gasteiger partial charge in [0.1, 0.15) is 19.3 Å². The van der Waals surface area contributed by atoms with E-state index in [9.17, 15) is 43.2 Å². The predicted octanol–water partition coefficient (Wildman–Crippen LogP) is 21.4. The Balaban J connectivity index is 5.25. The zero-order valence-corrected chi connectivity index (χ0v) is 61.5. The highest BCUT2D eigenvalue weighted by Gasteiger charge is 2.30. The first-order valence-corrected chi connectivity index (χ1v) is 41.1. The number of hydrogen-bond acceptors (Lipinski definition) is 15. The molecule has 0 aromatic rings. The van der Waals surface area contributed by atoms with Crippen molar-refractivity contribution in [3.63, 3.8) is 0 Å². The van der Waals surface area contributed by atoms with Gasteiger partial charge >= 0.3 is 39.5 Å². The first kappa shape index (κ1) is 90.5. The molecule has 5 atom stereocenters. The number of hydrogen-bond donors (Lipinski definition) is 3. The molecule has 0 radical (unpaired) electrons. The molecule has 3 N–H and O–H groups in total. The Kier molecular flexibility index (Phi) is 66.3. The highest BCUT2D eigenvalue weighted by Crippen LogP contribution is 2.45. The van der Waals surface area contributed by atoms with Crippen LogP contribution in [0.3, 0.4) is 0 Å².